The zero-order valence-corrected chi connectivity index (χ0v) is 16.7. The van der Waals surface area contributed by atoms with Gasteiger partial charge in [-0.25, -0.2) is 12.7 Å². The summed E-state index contributed by atoms with van der Waals surface area (Å²) >= 11 is 0. The van der Waals surface area contributed by atoms with Crippen molar-refractivity contribution in [2.75, 3.05) is 46.6 Å². The molecule has 1 heterocycles. The molecule has 8 heteroatoms. The molecule has 7 nitrogen and oxygen atoms in total. The van der Waals surface area contributed by atoms with Gasteiger partial charge in [-0.05, 0) is 26.6 Å². The minimum absolute atomic E-state index is 0.0152. The molecule has 1 aliphatic heterocycles. The van der Waals surface area contributed by atoms with E-state index in [2.05, 4.69) is 0 Å². The third kappa shape index (κ3) is 4.25. The number of rotatable bonds is 8. The Bertz CT molecular complexity index is 708. The molecule has 0 spiro atoms. The van der Waals surface area contributed by atoms with Gasteiger partial charge in [0, 0.05) is 19.5 Å². The van der Waals surface area contributed by atoms with E-state index in [1.165, 1.54) is 4.31 Å². The average Bonchev–Trinajstić information content (AvgIpc) is 2.58. The fourth-order valence-electron chi connectivity index (χ4n) is 3.59. The summed E-state index contributed by atoms with van der Waals surface area (Å²) in [5, 5.41) is 9.89. The lowest BCUT2D eigenvalue weighted by Gasteiger charge is -2.56. The number of carbonyl (C=O) groups excluding carboxylic acids is 1. The summed E-state index contributed by atoms with van der Waals surface area (Å²) in [6.45, 7) is 1.89. The Hall–Kier alpha value is -1.48. The zero-order chi connectivity index (χ0) is 19.5. The van der Waals surface area contributed by atoms with Crippen LogP contribution in [0.15, 0.2) is 30.3 Å². The summed E-state index contributed by atoms with van der Waals surface area (Å²) in [6, 6.07) is 9.02. The maximum Gasteiger partial charge on any atom is 0.237 e. The number of aliphatic hydroxyl groups excluding tert-OH is 1. The molecular weight excluding hydrogens is 354 g/mol. The maximum absolute atomic E-state index is 12.7. The minimum atomic E-state index is -3.35. The monoisotopic (exact) mass is 383 g/mol. The van der Waals surface area contributed by atoms with Gasteiger partial charge in [-0.1, -0.05) is 30.3 Å². The Morgan fingerprint density at radius 2 is 1.77 bits per heavy atom. The highest BCUT2D eigenvalue weighted by Crippen LogP contribution is 2.41. The van der Waals surface area contributed by atoms with Gasteiger partial charge < -0.3 is 14.9 Å². The number of aliphatic hydroxyl groups is 1. The molecule has 1 aliphatic rings. The van der Waals surface area contributed by atoms with E-state index in [0.29, 0.717) is 0 Å². The van der Waals surface area contributed by atoms with E-state index in [9.17, 15) is 18.3 Å². The number of amides is 1. The van der Waals surface area contributed by atoms with E-state index < -0.39 is 10.0 Å². The molecular formula is C18H29N3O4S. The van der Waals surface area contributed by atoms with Crippen LogP contribution in [0.4, 0.5) is 0 Å². The van der Waals surface area contributed by atoms with Gasteiger partial charge in [-0.15, -0.1) is 0 Å². The van der Waals surface area contributed by atoms with Crippen LogP contribution in [0.25, 0.3) is 0 Å². The molecule has 0 radical (unpaired) electrons. The number of carbonyl (C=O) groups is 1. The van der Waals surface area contributed by atoms with Gasteiger partial charge in [-0.3, -0.25) is 4.79 Å². The first kappa shape index (κ1) is 20.8. The highest BCUT2D eigenvalue weighted by atomic mass is 32.2. The number of likely N-dealkylation sites (tertiary alicyclic amines) is 1. The number of hydrogen-bond acceptors (Lipinski definition) is 5. The first-order valence-corrected chi connectivity index (χ1v) is 10.4. The van der Waals surface area contributed by atoms with Crippen molar-refractivity contribution in [3.05, 3.63) is 35.9 Å². The van der Waals surface area contributed by atoms with Gasteiger partial charge in [0.15, 0.2) is 0 Å². The summed E-state index contributed by atoms with van der Waals surface area (Å²) < 4.78 is 25.7. The normalized spacial score (nSPS) is 23.3. The summed E-state index contributed by atoms with van der Waals surface area (Å²) in [5.74, 6) is -0.184. The van der Waals surface area contributed by atoms with Crippen LogP contribution >= 0.6 is 0 Å². The molecule has 0 aliphatic carbocycles. The molecule has 1 amide bonds. The first-order chi connectivity index (χ1) is 12.2. The molecule has 3 atom stereocenters. The summed E-state index contributed by atoms with van der Waals surface area (Å²) in [5.41, 5.74) is 1.01. The van der Waals surface area contributed by atoms with Crippen molar-refractivity contribution in [2.45, 2.75) is 24.9 Å². The van der Waals surface area contributed by atoms with Crippen LogP contribution in [-0.4, -0.2) is 92.2 Å². The van der Waals surface area contributed by atoms with E-state index >= 15 is 0 Å². The number of likely N-dealkylation sites (N-methyl/N-ethyl adjacent to an activating group) is 2. The molecule has 1 aromatic rings. The third-order valence-corrected chi connectivity index (χ3v) is 6.77. The smallest absolute Gasteiger partial charge is 0.237 e. The second-order valence-electron chi connectivity index (χ2n) is 6.97. The van der Waals surface area contributed by atoms with Crippen molar-refractivity contribution in [3.8, 4) is 0 Å². The number of nitrogens with zero attached hydrogens (tertiary/aromatic N) is 3. The standard InChI is InChI=1S/C18H29N3O4S/c1-5-26(24,25)20(4)11-15-18(14-9-7-6-8-10-14)16(13-22)21(15)17(23)12-19(2)3/h6-10,15-16,18,22H,5,11-13H2,1-4H3/t15-,16+,18+/m0/s1. The zero-order valence-electron chi connectivity index (χ0n) is 15.9. The Kier molecular flexibility index (Phi) is 6.79. The SMILES string of the molecule is CCS(=O)(=O)N(C)C[C@H]1[C@@H](c2ccccc2)[C@@H](CO)N1C(=O)CN(C)C. The van der Waals surface area contributed by atoms with E-state index in [0.717, 1.165) is 5.56 Å². The summed E-state index contributed by atoms with van der Waals surface area (Å²) in [6.07, 6.45) is 0. The van der Waals surface area contributed by atoms with Crippen molar-refractivity contribution in [1.82, 2.24) is 14.1 Å². The van der Waals surface area contributed by atoms with Gasteiger partial charge in [-0.2, -0.15) is 0 Å². The van der Waals surface area contributed by atoms with Crippen LogP contribution in [0.5, 0.6) is 0 Å². The molecule has 26 heavy (non-hydrogen) atoms. The predicted octanol–water partition coefficient (Wildman–Crippen LogP) is 0.185. The minimum Gasteiger partial charge on any atom is -0.394 e. The highest BCUT2D eigenvalue weighted by molar-refractivity contribution is 7.89. The van der Waals surface area contributed by atoms with E-state index in [-0.39, 0.29) is 49.4 Å². The van der Waals surface area contributed by atoms with Gasteiger partial charge >= 0.3 is 0 Å². The van der Waals surface area contributed by atoms with Crippen molar-refractivity contribution in [1.29, 1.82) is 0 Å². The molecule has 2 rings (SSSR count). The van der Waals surface area contributed by atoms with Gasteiger partial charge in [0.1, 0.15) is 0 Å². The fourth-order valence-corrected chi connectivity index (χ4v) is 4.41. The molecule has 1 N–H and O–H groups in total. The van der Waals surface area contributed by atoms with E-state index in [1.807, 2.05) is 44.4 Å². The van der Waals surface area contributed by atoms with Crippen LogP contribution in [0, 0.1) is 0 Å². The Labute approximate surface area is 156 Å². The van der Waals surface area contributed by atoms with Crippen molar-refractivity contribution in [3.63, 3.8) is 0 Å². The average molecular weight is 384 g/mol. The van der Waals surface area contributed by atoms with Gasteiger partial charge in [0.05, 0.1) is 31.0 Å². The van der Waals surface area contributed by atoms with Crippen LogP contribution in [0.2, 0.25) is 0 Å². The Morgan fingerprint density at radius 1 is 1.15 bits per heavy atom. The quantitative estimate of drug-likeness (QED) is 0.693. The molecule has 1 aromatic carbocycles. The molecule has 0 saturated carbocycles. The second kappa shape index (κ2) is 8.47. The van der Waals surface area contributed by atoms with E-state index in [1.54, 1.807) is 23.8 Å². The Balaban J connectivity index is 2.32. The van der Waals surface area contributed by atoms with Crippen molar-refractivity contribution < 1.29 is 18.3 Å². The predicted molar refractivity (Wildman–Crippen MR) is 101 cm³/mol. The summed E-state index contributed by atoms with van der Waals surface area (Å²) in [7, 11) is 1.81. The molecule has 0 aromatic heterocycles. The number of sulfonamides is 1. The second-order valence-corrected chi connectivity index (χ2v) is 9.34. The van der Waals surface area contributed by atoms with Crippen molar-refractivity contribution in [2.24, 2.45) is 0 Å². The van der Waals surface area contributed by atoms with E-state index in [4.69, 9.17) is 0 Å². The molecule has 146 valence electrons. The number of benzene rings is 1. The third-order valence-electron chi connectivity index (χ3n) is 4.94. The van der Waals surface area contributed by atoms with Gasteiger partial charge in [0.25, 0.3) is 0 Å². The molecule has 1 saturated heterocycles. The molecule has 0 bridgehead atoms. The topological polar surface area (TPSA) is 81.2 Å². The van der Waals surface area contributed by atoms with Crippen LogP contribution in [0.1, 0.15) is 18.4 Å². The lowest BCUT2D eigenvalue weighted by Crippen LogP contribution is -2.69. The van der Waals surface area contributed by atoms with Crippen molar-refractivity contribution >= 4 is 15.9 Å². The number of hydrogen-bond donors (Lipinski definition) is 1. The Morgan fingerprint density at radius 3 is 2.27 bits per heavy atom. The van der Waals surface area contributed by atoms with Gasteiger partial charge in [0.2, 0.25) is 15.9 Å². The summed E-state index contributed by atoms with van der Waals surface area (Å²) in [4.78, 5) is 16.1. The van der Waals surface area contributed by atoms with Crippen LogP contribution < -0.4 is 0 Å². The largest absolute Gasteiger partial charge is 0.394 e. The molecule has 1 fully saturated rings. The lowest BCUT2D eigenvalue weighted by molar-refractivity contribution is -0.151. The first-order valence-electron chi connectivity index (χ1n) is 8.78. The fraction of sp³-hybridized carbons (Fsp3) is 0.611. The van der Waals surface area contributed by atoms with Crippen LogP contribution in [0.3, 0.4) is 0 Å². The molecule has 0 unspecified atom stereocenters. The highest BCUT2D eigenvalue weighted by Gasteiger charge is 2.51. The lowest BCUT2D eigenvalue weighted by atomic mass is 9.75. The maximum atomic E-state index is 12.7. The van der Waals surface area contributed by atoms with Crippen LogP contribution in [-0.2, 0) is 14.8 Å².